The van der Waals surface area contributed by atoms with Gasteiger partial charge in [0.15, 0.2) is 0 Å². The van der Waals surface area contributed by atoms with E-state index in [1.54, 1.807) is 13.0 Å². The van der Waals surface area contributed by atoms with Crippen LogP contribution in [0.3, 0.4) is 0 Å². The van der Waals surface area contributed by atoms with Gasteiger partial charge in [-0.25, -0.2) is 8.42 Å². The van der Waals surface area contributed by atoms with Crippen LogP contribution in [0.25, 0.3) is 0 Å². The highest BCUT2D eigenvalue weighted by molar-refractivity contribution is 7.89. The Morgan fingerprint density at radius 2 is 2.11 bits per heavy atom. The van der Waals surface area contributed by atoms with Crippen LogP contribution in [-0.2, 0) is 16.6 Å². The number of likely N-dealkylation sites (N-methyl/N-ethyl adjacent to an activating group) is 1. The summed E-state index contributed by atoms with van der Waals surface area (Å²) in [5.74, 6) is 0.607. The van der Waals surface area contributed by atoms with Gasteiger partial charge in [-0.05, 0) is 19.1 Å². The normalized spacial score (nSPS) is 12.3. The second kappa shape index (κ2) is 6.36. The summed E-state index contributed by atoms with van der Waals surface area (Å²) in [7, 11) is -2.06. The highest BCUT2D eigenvalue weighted by Crippen LogP contribution is 2.18. The van der Waals surface area contributed by atoms with Crippen LogP contribution in [0.15, 0.2) is 33.8 Å². The molecule has 1 rings (SSSR count). The molecule has 0 aliphatic rings. The molecule has 0 aliphatic carbocycles. The molecule has 6 heteroatoms. The summed E-state index contributed by atoms with van der Waals surface area (Å²) in [5, 5.41) is 3.14. The maximum Gasteiger partial charge on any atom is 0.276 e. The van der Waals surface area contributed by atoms with Crippen LogP contribution in [0.4, 0.5) is 0 Å². The minimum absolute atomic E-state index is 0.0307. The number of hydrogen-bond acceptors (Lipinski definition) is 4. The van der Waals surface area contributed by atoms with E-state index in [9.17, 15) is 8.42 Å². The van der Waals surface area contributed by atoms with Crippen molar-refractivity contribution in [2.24, 2.45) is 0 Å². The highest BCUT2D eigenvalue weighted by Gasteiger charge is 2.24. The smallest absolute Gasteiger partial charge is 0.276 e. The third kappa shape index (κ3) is 4.49. The topological polar surface area (TPSA) is 62.6 Å². The third-order valence-electron chi connectivity index (χ3n) is 2.48. The van der Waals surface area contributed by atoms with Crippen molar-refractivity contribution in [3.63, 3.8) is 0 Å². The minimum Gasteiger partial charge on any atom is -0.447 e. The summed E-state index contributed by atoms with van der Waals surface area (Å²) in [5.41, 5.74) is 0.777. The molecule has 0 unspecified atom stereocenters. The molecule has 0 fully saturated rings. The van der Waals surface area contributed by atoms with Crippen molar-refractivity contribution in [3.05, 3.63) is 30.0 Å². The molecule has 0 bridgehead atoms. The molecule has 0 aliphatic heterocycles. The number of nitrogens with one attached hydrogen (secondary N) is 1. The summed E-state index contributed by atoms with van der Waals surface area (Å²) in [6, 6.07) is 3.48. The first kappa shape index (κ1) is 15.9. The van der Waals surface area contributed by atoms with E-state index >= 15 is 0 Å². The number of hydrogen-bond donors (Lipinski definition) is 1. The molecule has 0 saturated carbocycles. The van der Waals surface area contributed by atoms with Gasteiger partial charge in [0.05, 0.1) is 6.54 Å². The first-order valence-corrected chi connectivity index (χ1v) is 7.60. The van der Waals surface area contributed by atoms with Crippen molar-refractivity contribution in [2.45, 2.75) is 38.5 Å². The van der Waals surface area contributed by atoms with Gasteiger partial charge in [0.1, 0.15) is 5.76 Å². The Balaban J connectivity index is 2.82. The average molecular weight is 286 g/mol. The predicted molar refractivity (Wildman–Crippen MR) is 75.3 cm³/mol. The van der Waals surface area contributed by atoms with Crippen molar-refractivity contribution in [1.29, 1.82) is 0 Å². The summed E-state index contributed by atoms with van der Waals surface area (Å²) in [6.07, 6.45) is 0. The van der Waals surface area contributed by atoms with Gasteiger partial charge in [0.25, 0.3) is 10.0 Å². The maximum atomic E-state index is 12.2. The van der Waals surface area contributed by atoms with E-state index in [0.717, 1.165) is 5.57 Å². The lowest BCUT2D eigenvalue weighted by Crippen LogP contribution is -2.28. The molecule has 0 spiro atoms. The lowest BCUT2D eigenvalue weighted by molar-refractivity contribution is 0.380. The van der Waals surface area contributed by atoms with E-state index in [-0.39, 0.29) is 11.6 Å². The first-order chi connectivity index (χ1) is 8.73. The molecule has 1 aromatic heterocycles. The van der Waals surface area contributed by atoms with E-state index in [0.29, 0.717) is 18.3 Å². The number of sulfonamides is 1. The summed E-state index contributed by atoms with van der Waals surface area (Å²) < 4.78 is 31.0. The zero-order chi connectivity index (χ0) is 14.6. The van der Waals surface area contributed by atoms with Crippen LogP contribution in [0.5, 0.6) is 0 Å². The lowest BCUT2D eigenvalue weighted by atomic mass is 10.3. The van der Waals surface area contributed by atoms with Crippen LogP contribution >= 0.6 is 0 Å². The SMILES string of the molecule is C=C(C)CN(C)S(=O)(=O)c1ccc(CNC(C)C)o1. The van der Waals surface area contributed by atoms with Crippen LogP contribution in [-0.4, -0.2) is 32.4 Å². The molecule has 1 heterocycles. The summed E-state index contributed by atoms with van der Waals surface area (Å²) in [4.78, 5) is 0. The largest absolute Gasteiger partial charge is 0.447 e. The van der Waals surface area contributed by atoms with Gasteiger partial charge < -0.3 is 9.73 Å². The third-order valence-corrected chi connectivity index (χ3v) is 4.16. The molecular weight excluding hydrogens is 264 g/mol. The Kier molecular flexibility index (Phi) is 5.34. The Morgan fingerprint density at radius 3 is 2.63 bits per heavy atom. The van der Waals surface area contributed by atoms with Crippen molar-refractivity contribution >= 4 is 10.0 Å². The van der Waals surface area contributed by atoms with Crippen molar-refractivity contribution in [1.82, 2.24) is 9.62 Å². The second-order valence-electron chi connectivity index (χ2n) is 4.97. The quantitative estimate of drug-likeness (QED) is 0.778. The van der Waals surface area contributed by atoms with E-state index in [4.69, 9.17) is 4.42 Å². The monoisotopic (exact) mass is 286 g/mol. The van der Waals surface area contributed by atoms with Crippen molar-refractivity contribution in [3.8, 4) is 0 Å². The van der Waals surface area contributed by atoms with Crippen molar-refractivity contribution < 1.29 is 12.8 Å². The highest BCUT2D eigenvalue weighted by atomic mass is 32.2. The fraction of sp³-hybridized carbons (Fsp3) is 0.538. The van der Waals surface area contributed by atoms with Gasteiger partial charge in [-0.2, -0.15) is 4.31 Å². The van der Waals surface area contributed by atoms with Crippen LogP contribution in [0.1, 0.15) is 26.5 Å². The van der Waals surface area contributed by atoms with Crippen molar-refractivity contribution in [2.75, 3.05) is 13.6 Å². The minimum atomic E-state index is -3.57. The molecule has 0 amide bonds. The molecule has 0 atom stereocenters. The van der Waals surface area contributed by atoms with Gasteiger partial charge in [-0.1, -0.05) is 26.0 Å². The standard InChI is InChI=1S/C13H22N2O3S/c1-10(2)9-15(5)19(16,17)13-7-6-12(18-13)8-14-11(3)4/h6-7,11,14H,1,8-9H2,2-5H3. The average Bonchev–Trinajstić information content (AvgIpc) is 2.74. The van der Waals surface area contributed by atoms with E-state index in [2.05, 4.69) is 11.9 Å². The number of rotatable bonds is 7. The lowest BCUT2D eigenvalue weighted by Gasteiger charge is -2.15. The predicted octanol–water partition coefficient (Wildman–Crippen LogP) is 1.97. The Hall–Kier alpha value is -1.11. The van der Waals surface area contributed by atoms with Gasteiger partial charge in [0, 0.05) is 19.6 Å². The first-order valence-electron chi connectivity index (χ1n) is 6.16. The van der Waals surface area contributed by atoms with Gasteiger partial charge in [-0.3, -0.25) is 0 Å². The molecule has 5 nitrogen and oxygen atoms in total. The summed E-state index contributed by atoms with van der Waals surface area (Å²) >= 11 is 0. The molecular formula is C13H22N2O3S. The molecule has 0 aromatic carbocycles. The zero-order valence-electron chi connectivity index (χ0n) is 11.9. The molecule has 108 valence electrons. The molecule has 19 heavy (non-hydrogen) atoms. The fourth-order valence-electron chi connectivity index (χ4n) is 1.52. The maximum absolute atomic E-state index is 12.2. The van der Waals surface area contributed by atoms with Crippen LogP contribution < -0.4 is 5.32 Å². The van der Waals surface area contributed by atoms with Gasteiger partial charge in [-0.15, -0.1) is 0 Å². The molecule has 0 saturated heterocycles. The zero-order valence-corrected chi connectivity index (χ0v) is 12.8. The van der Waals surface area contributed by atoms with Crippen LogP contribution in [0, 0.1) is 0 Å². The van der Waals surface area contributed by atoms with Crippen LogP contribution in [0.2, 0.25) is 0 Å². The number of furan rings is 1. The Morgan fingerprint density at radius 1 is 1.47 bits per heavy atom. The molecule has 1 aromatic rings. The van der Waals surface area contributed by atoms with E-state index in [1.165, 1.54) is 17.4 Å². The number of nitrogens with zero attached hydrogens (tertiary/aromatic N) is 1. The summed E-state index contributed by atoms with van der Waals surface area (Å²) in [6.45, 7) is 10.3. The van der Waals surface area contributed by atoms with E-state index < -0.39 is 10.0 Å². The van der Waals surface area contributed by atoms with E-state index in [1.807, 2.05) is 13.8 Å². The molecule has 1 N–H and O–H groups in total. The second-order valence-corrected chi connectivity index (χ2v) is 6.95. The van der Waals surface area contributed by atoms with Gasteiger partial charge >= 0.3 is 0 Å². The Labute approximate surface area is 115 Å². The van der Waals surface area contributed by atoms with Gasteiger partial charge in [0.2, 0.25) is 5.09 Å². The molecule has 0 radical (unpaired) electrons. The fourth-order valence-corrected chi connectivity index (χ4v) is 2.67. The Bertz CT molecular complexity index is 532.